The van der Waals surface area contributed by atoms with Crippen LogP contribution in [0.15, 0.2) is 24.4 Å². The average Bonchev–Trinajstić information content (AvgIpc) is 2.66. The molecule has 7 nitrogen and oxygen atoms in total. The summed E-state index contributed by atoms with van der Waals surface area (Å²) in [5.41, 5.74) is 0.652. The van der Waals surface area contributed by atoms with E-state index in [0.717, 1.165) is 25.0 Å². The summed E-state index contributed by atoms with van der Waals surface area (Å²) in [5, 5.41) is 11.8. The highest BCUT2D eigenvalue weighted by Gasteiger charge is 2.30. The average molecular weight is 414 g/mol. The number of aromatic nitrogens is 1. The quantitative estimate of drug-likeness (QED) is 0.637. The number of pyridine rings is 1. The lowest BCUT2D eigenvalue weighted by atomic mass is 9.91. The molecule has 2 N–H and O–H groups in total. The van der Waals surface area contributed by atoms with Gasteiger partial charge in [-0.25, -0.2) is 0 Å². The van der Waals surface area contributed by atoms with Crippen molar-refractivity contribution < 1.29 is 19.5 Å². The van der Waals surface area contributed by atoms with Gasteiger partial charge in [-0.2, -0.15) is 0 Å². The molecule has 0 bridgehead atoms. The SMILES string of the molecule is CC(C)(C)C#C[C@@H](CC(=O)O)NC(=O)CN1CCC[C@H](CCc2ccccn2)C1=O. The Hall–Kier alpha value is -2.88. The molecule has 162 valence electrons. The molecule has 1 saturated heterocycles. The van der Waals surface area contributed by atoms with Crippen LogP contribution >= 0.6 is 0 Å². The predicted molar refractivity (Wildman–Crippen MR) is 113 cm³/mol. The molecule has 1 aliphatic rings. The standard InChI is InChI=1S/C23H31N3O4/c1-23(2,3)12-11-19(15-21(28)29)25-20(27)16-26-14-6-7-17(22(26)30)9-10-18-8-4-5-13-24-18/h4-5,8,13,17,19H,6-7,9-10,14-16H2,1-3H3,(H,25,27)(H,28,29)/t17-,19+/m1/s1. The Morgan fingerprint density at radius 1 is 1.37 bits per heavy atom. The van der Waals surface area contributed by atoms with E-state index < -0.39 is 12.0 Å². The maximum Gasteiger partial charge on any atom is 0.306 e. The van der Waals surface area contributed by atoms with Gasteiger partial charge < -0.3 is 15.3 Å². The number of hydrogen-bond acceptors (Lipinski definition) is 4. The highest BCUT2D eigenvalue weighted by Crippen LogP contribution is 2.22. The number of aliphatic carboxylic acids is 1. The summed E-state index contributed by atoms with van der Waals surface area (Å²) in [6.07, 6.45) is 4.53. The number of hydrogen-bond donors (Lipinski definition) is 2. The lowest BCUT2D eigenvalue weighted by Crippen LogP contribution is -2.48. The zero-order valence-electron chi connectivity index (χ0n) is 18.0. The Morgan fingerprint density at radius 3 is 2.77 bits per heavy atom. The van der Waals surface area contributed by atoms with E-state index in [-0.39, 0.29) is 36.1 Å². The third-order valence-electron chi connectivity index (χ3n) is 4.79. The summed E-state index contributed by atoms with van der Waals surface area (Å²) in [5.74, 6) is 4.25. The number of piperidine rings is 1. The van der Waals surface area contributed by atoms with Gasteiger partial charge in [0.1, 0.15) is 6.04 Å². The lowest BCUT2D eigenvalue weighted by molar-refractivity contribution is -0.142. The van der Waals surface area contributed by atoms with Gasteiger partial charge in [-0.15, -0.1) is 0 Å². The molecule has 2 atom stereocenters. The van der Waals surface area contributed by atoms with Crippen molar-refractivity contribution in [3.63, 3.8) is 0 Å². The molecule has 1 aromatic heterocycles. The van der Waals surface area contributed by atoms with Gasteiger partial charge in [-0.3, -0.25) is 19.4 Å². The van der Waals surface area contributed by atoms with Crippen molar-refractivity contribution >= 4 is 17.8 Å². The molecule has 30 heavy (non-hydrogen) atoms. The van der Waals surface area contributed by atoms with Crippen molar-refractivity contribution in [1.82, 2.24) is 15.2 Å². The molecule has 0 spiro atoms. The Kier molecular flexibility index (Phi) is 8.40. The molecule has 1 aliphatic heterocycles. The topological polar surface area (TPSA) is 99.6 Å². The summed E-state index contributed by atoms with van der Waals surface area (Å²) in [7, 11) is 0. The van der Waals surface area contributed by atoms with Gasteiger partial charge in [0.15, 0.2) is 0 Å². The molecule has 0 radical (unpaired) electrons. The van der Waals surface area contributed by atoms with Crippen molar-refractivity contribution in [3.05, 3.63) is 30.1 Å². The molecule has 2 heterocycles. The van der Waals surface area contributed by atoms with Crippen LogP contribution in [0.3, 0.4) is 0 Å². The van der Waals surface area contributed by atoms with Gasteiger partial charge in [0.2, 0.25) is 11.8 Å². The summed E-state index contributed by atoms with van der Waals surface area (Å²) < 4.78 is 0. The molecular weight excluding hydrogens is 382 g/mol. The fourth-order valence-corrected chi connectivity index (χ4v) is 3.34. The first-order valence-corrected chi connectivity index (χ1v) is 10.4. The third-order valence-corrected chi connectivity index (χ3v) is 4.79. The van der Waals surface area contributed by atoms with E-state index in [1.54, 1.807) is 11.1 Å². The predicted octanol–water partition coefficient (Wildman–Crippen LogP) is 2.26. The number of carboxylic acids is 1. The van der Waals surface area contributed by atoms with Crippen LogP contribution in [0.25, 0.3) is 0 Å². The molecule has 0 unspecified atom stereocenters. The van der Waals surface area contributed by atoms with E-state index in [0.29, 0.717) is 13.0 Å². The van der Waals surface area contributed by atoms with Crippen LogP contribution in [0.4, 0.5) is 0 Å². The van der Waals surface area contributed by atoms with Gasteiger partial charge >= 0.3 is 5.97 Å². The van der Waals surface area contributed by atoms with Crippen LogP contribution in [0.2, 0.25) is 0 Å². The van der Waals surface area contributed by atoms with Gasteiger partial charge in [0, 0.05) is 29.8 Å². The fourth-order valence-electron chi connectivity index (χ4n) is 3.34. The first-order valence-electron chi connectivity index (χ1n) is 10.4. The van der Waals surface area contributed by atoms with Crippen LogP contribution < -0.4 is 5.32 Å². The number of nitrogens with one attached hydrogen (secondary N) is 1. The van der Waals surface area contributed by atoms with E-state index in [1.165, 1.54) is 0 Å². The number of carbonyl (C=O) groups excluding carboxylic acids is 2. The molecule has 0 aromatic carbocycles. The number of aryl methyl sites for hydroxylation is 1. The second-order valence-electron chi connectivity index (χ2n) is 8.70. The normalized spacial score (nSPS) is 17.6. The second-order valence-corrected chi connectivity index (χ2v) is 8.70. The molecule has 7 heteroatoms. The Labute approximate surface area is 178 Å². The first-order chi connectivity index (χ1) is 14.1. The van der Waals surface area contributed by atoms with Crippen LogP contribution in [0, 0.1) is 23.2 Å². The molecule has 1 aromatic rings. The lowest BCUT2D eigenvalue weighted by Gasteiger charge is -2.32. The highest BCUT2D eigenvalue weighted by molar-refractivity contribution is 5.87. The van der Waals surface area contributed by atoms with E-state index in [4.69, 9.17) is 5.11 Å². The Balaban J connectivity index is 1.92. The molecule has 0 aliphatic carbocycles. The molecule has 0 saturated carbocycles. The third kappa shape index (κ3) is 8.24. The van der Waals surface area contributed by atoms with Gasteiger partial charge in [0.25, 0.3) is 0 Å². The van der Waals surface area contributed by atoms with E-state index >= 15 is 0 Å². The number of likely N-dealkylation sites (tertiary alicyclic amines) is 1. The van der Waals surface area contributed by atoms with Crippen LogP contribution in [0.1, 0.15) is 52.1 Å². The summed E-state index contributed by atoms with van der Waals surface area (Å²) in [6, 6.07) is 4.95. The number of carbonyl (C=O) groups is 3. The van der Waals surface area contributed by atoms with Crippen molar-refractivity contribution in [3.8, 4) is 11.8 Å². The van der Waals surface area contributed by atoms with E-state index in [1.807, 2.05) is 39.0 Å². The molecule has 1 fully saturated rings. The molecular formula is C23H31N3O4. The van der Waals surface area contributed by atoms with Crippen molar-refractivity contribution in [2.24, 2.45) is 11.3 Å². The van der Waals surface area contributed by atoms with Crippen LogP contribution in [-0.4, -0.2) is 51.9 Å². The maximum atomic E-state index is 12.8. The summed E-state index contributed by atoms with van der Waals surface area (Å²) >= 11 is 0. The molecule has 2 amide bonds. The first kappa shape index (κ1) is 23.4. The van der Waals surface area contributed by atoms with Crippen molar-refractivity contribution in [2.75, 3.05) is 13.1 Å². The van der Waals surface area contributed by atoms with Crippen molar-refractivity contribution in [1.29, 1.82) is 0 Å². The number of rotatable bonds is 8. The minimum Gasteiger partial charge on any atom is -0.481 e. The zero-order valence-corrected chi connectivity index (χ0v) is 18.0. The number of amides is 2. The van der Waals surface area contributed by atoms with Crippen LogP contribution in [-0.2, 0) is 20.8 Å². The fraction of sp³-hybridized carbons (Fsp3) is 0.565. The smallest absolute Gasteiger partial charge is 0.306 e. The largest absolute Gasteiger partial charge is 0.481 e. The number of nitrogens with zero attached hydrogens (tertiary/aromatic N) is 2. The minimum atomic E-state index is -1.04. The monoisotopic (exact) mass is 413 g/mol. The summed E-state index contributed by atoms with van der Waals surface area (Å²) in [6.45, 7) is 6.20. The Morgan fingerprint density at radius 2 is 2.13 bits per heavy atom. The summed E-state index contributed by atoms with van der Waals surface area (Å²) in [4.78, 5) is 42.3. The Bertz CT molecular complexity index is 805. The van der Waals surface area contributed by atoms with Crippen molar-refractivity contribution in [2.45, 2.75) is 58.9 Å². The van der Waals surface area contributed by atoms with E-state index in [2.05, 4.69) is 22.1 Å². The van der Waals surface area contributed by atoms with Gasteiger partial charge in [0.05, 0.1) is 13.0 Å². The van der Waals surface area contributed by atoms with Crippen LogP contribution in [0.5, 0.6) is 0 Å². The van der Waals surface area contributed by atoms with Gasteiger partial charge in [-0.1, -0.05) is 17.9 Å². The highest BCUT2D eigenvalue weighted by atomic mass is 16.4. The number of carboxylic acid groups (broad SMARTS) is 1. The minimum absolute atomic E-state index is 0.0251. The van der Waals surface area contributed by atoms with Gasteiger partial charge in [-0.05, 0) is 58.6 Å². The van der Waals surface area contributed by atoms with E-state index in [9.17, 15) is 14.4 Å². The second kappa shape index (κ2) is 10.8. The molecule has 2 rings (SSSR count). The maximum absolute atomic E-state index is 12.8. The zero-order chi connectivity index (χ0) is 22.1.